The molecule has 2 heterocycles. The summed E-state index contributed by atoms with van der Waals surface area (Å²) in [5, 5.41) is 75.3. The molecule has 0 spiro atoms. The Morgan fingerprint density at radius 1 is 0.649 bits per heavy atom. The number of hydroxylamine groups is 4. The number of hydrogen-bond donors (Lipinski definition) is 8. The van der Waals surface area contributed by atoms with Crippen LogP contribution in [-0.4, -0.2) is 109 Å². The van der Waals surface area contributed by atoms with Crippen LogP contribution in [0.3, 0.4) is 0 Å². The van der Waals surface area contributed by atoms with E-state index in [2.05, 4.69) is 0 Å². The Hall–Kier alpha value is -1.87. The van der Waals surface area contributed by atoms with Crippen LogP contribution < -0.4 is 0 Å². The molecule has 218 valence electrons. The summed E-state index contributed by atoms with van der Waals surface area (Å²) < 4.78 is 0. The Morgan fingerprint density at radius 2 is 0.865 bits per heavy atom. The molecule has 0 atom stereocenters. The molecule has 0 aliphatic carbocycles. The molecule has 2 aliphatic heterocycles. The number of aliphatic hydroxyl groups is 3. The highest BCUT2D eigenvalue weighted by Crippen LogP contribution is 2.37. The summed E-state index contributed by atoms with van der Waals surface area (Å²) in [6.45, 7) is 15.5. The molecule has 37 heavy (non-hydrogen) atoms. The second-order valence-corrected chi connectivity index (χ2v) is 12.5. The van der Waals surface area contributed by atoms with Crippen molar-refractivity contribution in [2.75, 3.05) is 0 Å². The molecule has 0 saturated carbocycles. The largest absolute Gasteiger partial charge is 0.481 e. The van der Waals surface area contributed by atoms with Gasteiger partial charge in [0.05, 0.1) is 25.0 Å². The van der Waals surface area contributed by atoms with Gasteiger partial charge in [-0.1, -0.05) is 0 Å². The van der Waals surface area contributed by atoms with Gasteiger partial charge in [0.15, 0.2) is 5.60 Å². The van der Waals surface area contributed by atoms with E-state index in [1.807, 2.05) is 55.4 Å². The van der Waals surface area contributed by atoms with Crippen molar-refractivity contribution in [3.63, 3.8) is 0 Å². The predicted octanol–water partition coefficient (Wildman–Crippen LogP) is 1.53. The molecule has 2 saturated heterocycles. The second kappa shape index (κ2) is 12.3. The van der Waals surface area contributed by atoms with Gasteiger partial charge in [-0.3, -0.25) is 9.59 Å². The van der Waals surface area contributed by atoms with Gasteiger partial charge in [0.25, 0.3) is 0 Å². The predicted molar refractivity (Wildman–Crippen MR) is 131 cm³/mol. The van der Waals surface area contributed by atoms with Crippen LogP contribution in [0.4, 0.5) is 0 Å². The lowest BCUT2D eigenvalue weighted by Crippen LogP contribution is -2.60. The molecule has 2 rings (SSSR count). The fourth-order valence-electron chi connectivity index (χ4n) is 5.15. The SMILES string of the molecule is CC1(C)CC(O)CC(C)(C)N1O.CC1(C)CC(O)CC(C)(C)N1O.O=C(O)CC(O)(CC(=O)O)C(=O)O. The minimum Gasteiger partial charge on any atom is -0.481 e. The number of aliphatic hydroxyl groups excluding tert-OH is 2. The van der Waals surface area contributed by atoms with Gasteiger partial charge in [0.1, 0.15) is 0 Å². The average molecular weight is 539 g/mol. The molecular formula is C24H46N2O11. The molecule has 2 fully saturated rings. The summed E-state index contributed by atoms with van der Waals surface area (Å²) in [6, 6.07) is 0. The lowest BCUT2D eigenvalue weighted by atomic mass is 9.80. The third-order valence-corrected chi connectivity index (χ3v) is 6.52. The van der Waals surface area contributed by atoms with Gasteiger partial charge in [-0.15, -0.1) is 0 Å². The van der Waals surface area contributed by atoms with Crippen LogP contribution >= 0.6 is 0 Å². The summed E-state index contributed by atoms with van der Waals surface area (Å²) in [7, 11) is 0. The molecule has 0 aromatic carbocycles. The van der Waals surface area contributed by atoms with Crippen LogP contribution in [0.5, 0.6) is 0 Å². The summed E-state index contributed by atoms with van der Waals surface area (Å²) in [6.07, 6.45) is -0.347. The number of nitrogens with zero attached hydrogens (tertiary/aromatic N) is 2. The molecule has 0 bridgehead atoms. The fourth-order valence-corrected chi connectivity index (χ4v) is 5.15. The summed E-state index contributed by atoms with van der Waals surface area (Å²) in [5.41, 5.74) is -4.01. The van der Waals surface area contributed by atoms with Crippen LogP contribution in [0.15, 0.2) is 0 Å². The maximum Gasteiger partial charge on any atom is 0.336 e. The zero-order chi connectivity index (χ0) is 29.8. The van der Waals surface area contributed by atoms with E-state index in [1.54, 1.807) is 0 Å². The van der Waals surface area contributed by atoms with Crippen molar-refractivity contribution in [1.29, 1.82) is 0 Å². The van der Waals surface area contributed by atoms with E-state index >= 15 is 0 Å². The lowest BCUT2D eigenvalue weighted by Gasteiger charge is -2.50. The second-order valence-electron chi connectivity index (χ2n) is 12.5. The van der Waals surface area contributed by atoms with Crippen molar-refractivity contribution in [3.8, 4) is 0 Å². The fraction of sp³-hybridized carbons (Fsp3) is 0.875. The topological polar surface area (TPSA) is 220 Å². The molecule has 0 amide bonds. The van der Waals surface area contributed by atoms with E-state index in [9.17, 15) is 35.0 Å². The van der Waals surface area contributed by atoms with Crippen molar-refractivity contribution in [3.05, 3.63) is 0 Å². The van der Waals surface area contributed by atoms with Crippen molar-refractivity contribution >= 4 is 17.9 Å². The Balaban J connectivity index is 0.000000526. The van der Waals surface area contributed by atoms with E-state index in [-0.39, 0.29) is 34.4 Å². The van der Waals surface area contributed by atoms with Gasteiger partial charge in [0.2, 0.25) is 0 Å². The first-order valence-electron chi connectivity index (χ1n) is 12.0. The molecule has 8 N–H and O–H groups in total. The van der Waals surface area contributed by atoms with Crippen LogP contribution in [0.2, 0.25) is 0 Å². The van der Waals surface area contributed by atoms with Crippen LogP contribution in [0, 0.1) is 0 Å². The van der Waals surface area contributed by atoms with Gasteiger partial charge < -0.3 is 41.1 Å². The van der Waals surface area contributed by atoms with Gasteiger partial charge in [0, 0.05) is 22.2 Å². The summed E-state index contributed by atoms with van der Waals surface area (Å²) in [4.78, 5) is 30.5. The third kappa shape index (κ3) is 10.4. The highest BCUT2D eigenvalue weighted by atomic mass is 16.5. The Labute approximate surface area is 217 Å². The molecule has 13 heteroatoms. The van der Waals surface area contributed by atoms with Crippen LogP contribution in [0.1, 0.15) is 93.9 Å². The zero-order valence-corrected chi connectivity index (χ0v) is 23.1. The Bertz CT molecular complexity index is 719. The number of carboxylic acid groups (broad SMARTS) is 3. The first-order chi connectivity index (χ1) is 16.3. The van der Waals surface area contributed by atoms with Gasteiger partial charge in [-0.25, -0.2) is 4.79 Å². The number of aliphatic carboxylic acids is 3. The van der Waals surface area contributed by atoms with Crippen molar-refractivity contribution in [1.82, 2.24) is 10.1 Å². The van der Waals surface area contributed by atoms with Crippen molar-refractivity contribution in [2.24, 2.45) is 0 Å². The molecular weight excluding hydrogens is 492 g/mol. The average Bonchev–Trinajstić information content (AvgIpc) is 2.62. The molecule has 0 radical (unpaired) electrons. The minimum atomic E-state index is -2.74. The lowest BCUT2D eigenvalue weighted by molar-refractivity contribution is -0.257. The quantitative estimate of drug-likeness (QED) is 0.249. The molecule has 0 unspecified atom stereocenters. The Kier molecular flexibility index (Phi) is 11.7. The van der Waals surface area contributed by atoms with Gasteiger partial charge >= 0.3 is 17.9 Å². The maximum atomic E-state index is 10.3. The van der Waals surface area contributed by atoms with Crippen LogP contribution in [0.25, 0.3) is 0 Å². The van der Waals surface area contributed by atoms with Gasteiger partial charge in [-0.2, -0.15) is 10.1 Å². The number of rotatable bonds is 5. The molecule has 2 aliphatic rings. The number of carboxylic acids is 3. The standard InChI is InChI=1S/2C9H19NO2.C6H8O7/c2*1-8(2)5-7(11)6-9(3,4)10(8)12;7-3(8)1-6(13,5(11)12)2-4(9)10/h2*7,11-12H,5-6H2,1-4H3;13H,1-2H2,(H,7,8)(H,9,10)(H,11,12). The van der Waals surface area contributed by atoms with Crippen LogP contribution in [-0.2, 0) is 14.4 Å². The van der Waals surface area contributed by atoms with Crippen molar-refractivity contribution < 1.29 is 55.4 Å². The van der Waals surface area contributed by atoms with E-state index in [1.165, 1.54) is 10.1 Å². The third-order valence-electron chi connectivity index (χ3n) is 6.52. The van der Waals surface area contributed by atoms with E-state index in [0.717, 1.165) is 0 Å². The zero-order valence-electron chi connectivity index (χ0n) is 23.1. The highest BCUT2D eigenvalue weighted by molar-refractivity contribution is 5.88. The van der Waals surface area contributed by atoms with Crippen molar-refractivity contribution in [2.45, 2.75) is 134 Å². The Morgan fingerprint density at radius 3 is 1.03 bits per heavy atom. The summed E-state index contributed by atoms with van der Waals surface area (Å²) >= 11 is 0. The normalized spacial score (nSPS) is 23.6. The highest BCUT2D eigenvalue weighted by Gasteiger charge is 2.45. The minimum absolute atomic E-state index is 0.293. The number of hydrogen-bond acceptors (Lipinski definition) is 10. The summed E-state index contributed by atoms with van der Waals surface area (Å²) in [5.74, 6) is -5.02. The monoisotopic (exact) mass is 538 g/mol. The molecule has 0 aromatic rings. The van der Waals surface area contributed by atoms with E-state index < -0.39 is 36.4 Å². The molecule has 0 aromatic heterocycles. The maximum absolute atomic E-state index is 10.3. The smallest absolute Gasteiger partial charge is 0.336 e. The van der Waals surface area contributed by atoms with E-state index in [0.29, 0.717) is 25.7 Å². The number of carbonyl (C=O) groups is 3. The van der Waals surface area contributed by atoms with E-state index in [4.69, 9.17) is 20.4 Å². The molecule has 13 nitrogen and oxygen atoms in total. The first-order valence-corrected chi connectivity index (χ1v) is 12.0. The van der Waals surface area contributed by atoms with Gasteiger partial charge in [-0.05, 0) is 81.1 Å². The number of piperidine rings is 2. The first kappa shape index (κ1) is 35.1.